The summed E-state index contributed by atoms with van der Waals surface area (Å²) in [5, 5.41) is 3.63. The SMILES string of the molecule is Cc1ccc2c(c1CN(C=O)C1CCC(=O)NC1=O)OC[C@H]1CN(C3CCC4(CC3)CCN(c3ncc([C@@H]5c6[nH]c7ccccc7c6CCN5CC(C)(C)F)cn3)CC4)CCN21. The molecule has 4 fully saturated rings. The van der Waals surface area contributed by atoms with E-state index in [4.69, 9.17) is 14.7 Å². The number of amides is 3. The number of nitrogens with zero attached hydrogens (tertiary/aromatic N) is 7. The van der Waals surface area contributed by atoms with Gasteiger partial charge in [-0.15, -0.1) is 0 Å². The minimum absolute atomic E-state index is 0.129. The van der Waals surface area contributed by atoms with Gasteiger partial charge in [0.05, 0.1) is 24.3 Å². The molecule has 3 atom stereocenters. The van der Waals surface area contributed by atoms with Crippen LogP contribution in [0.1, 0.15) is 99.2 Å². The average molecular weight is 846 g/mol. The lowest BCUT2D eigenvalue weighted by Gasteiger charge is -2.51. The van der Waals surface area contributed by atoms with Gasteiger partial charge in [0.1, 0.15) is 24.1 Å². The van der Waals surface area contributed by atoms with Crippen molar-refractivity contribution in [3.63, 3.8) is 0 Å². The van der Waals surface area contributed by atoms with Crippen molar-refractivity contribution >= 4 is 40.8 Å². The van der Waals surface area contributed by atoms with Gasteiger partial charge in [0.2, 0.25) is 24.2 Å². The number of piperidine rings is 2. The van der Waals surface area contributed by atoms with E-state index < -0.39 is 17.6 Å². The number of alkyl halides is 1. The van der Waals surface area contributed by atoms with Crippen LogP contribution in [0.15, 0.2) is 48.8 Å². The van der Waals surface area contributed by atoms with Gasteiger partial charge in [0, 0.05) is 98.4 Å². The van der Waals surface area contributed by atoms with Gasteiger partial charge in [0.15, 0.2) is 0 Å². The minimum atomic E-state index is -1.32. The Morgan fingerprint density at radius 3 is 2.47 bits per heavy atom. The lowest BCUT2D eigenvalue weighted by molar-refractivity contribution is -0.141. The van der Waals surface area contributed by atoms with Crippen LogP contribution >= 0.6 is 0 Å². The van der Waals surface area contributed by atoms with Crippen LogP contribution < -0.4 is 19.9 Å². The number of aromatic amines is 1. The summed E-state index contributed by atoms with van der Waals surface area (Å²) >= 11 is 0. The third-order valence-corrected chi connectivity index (χ3v) is 15.1. The Bertz CT molecular complexity index is 2330. The number of benzene rings is 2. The number of H-pyrrole nitrogens is 1. The molecular weight excluding hydrogens is 786 g/mol. The zero-order chi connectivity index (χ0) is 42.8. The van der Waals surface area contributed by atoms with E-state index in [9.17, 15) is 14.4 Å². The molecule has 0 radical (unpaired) electrons. The number of carbonyl (C=O) groups excluding carboxylic acids is 3. The molecular formula is C48H60FN9O4. The first-order chi connectivity index (χ1) is 30.0. The molecule has 5 aliphatic heterocycles. The molecule has 1 saturated carbocycles. The monoisotopic (exact) mass is 845 g/mol. The number of imide groups is 1. The molecule has 1 spiro atoms. The van der Waals surface area contributed by atoms with Gasteiger partial charge < -0.3 is 24.4 Å². The van der Waals surface area contributed by atoms with Crippen LogP contribution in [0.5, 0.6) is 5.75 Å². The number of anilines is 2. The summed E-state index contributed by atoms with van der Waals surface area (Å²) in [4.78, 5) is 61.5. The quantitative estimate of drug-likeness (QED) is 0.157. The van der Waals surface area contributed by atoms with Gasteiger partial charge in [0.25, 0.3) is 0 Å². The van der Waals surface area contributed by atoms with Crippen LogP contribution in [0.25, 0.3) is 10.9 Å². The number of hydrogen-bond donors (Lipinski definition) is 2. The van der Waals surface area contributed by atoms with Gasteiger partial charge in [-0.05, 0) is 101 Å². The second kappa shape index (κ2) is 16.2. The van der Waals surface area contributed by atoms with Crippen molar-refractivity contribution < 1.29 is 23.5 Å². The zero-order valence-corrected chi connectivity index (χ0v) is 36.4. The molecule has 2 aromatic heterocycles. The Hall–Kier alpha value is -5.08. The van der Waals surface area contributed by atoms with Crippen molar-refractivity contribution in [1.82, 2.24) is 35.0 Å². The second-order valence-electron chi connectivity index (χ2n) is 19.5. The fourth-order valence-corrected chi connectivity index (χ4v) is 11.8. The lowest BCUT2D eigenvalue weighted by atomic mass is 9.66. The van der Waals surface area contributed by atoms with Gasteiger partial charge in [-0.25, -0.2) is 14.4 Å². The fraction of sp³-hybridized carbons (Fsp3) is 0.562. The molecule has 2 aromatic carbocycles. The maximum Gasteiger partial charge on any atom is 0.249 e. The first-order valence-electron chi connectivity index (χ1n) is 22.9. The normalized spacial score (nSPS) is 24.6. The number of halogens is 1. The number of nitrogens with one attached hydrogen (secondary N) is 2. The van der Waals surface area contributed by atoms with Crippen molar-refractivity contribution in [2.45, 2.75) is 115 Å². The number of carbonyl (C=O) groups is 3. The summed E-state index contributed by atoms with van der Waals surface area (Å²) in [5.41, 5.74) is 6.59. The second-order valence-corrected chi connectivity index (χ2v) is 19.5. The number of aromatic nitrogens is 3. The molecule has 4 aromatic rings. The number of para-hydroxylation sites is 1. The highest BCUT2D eigenvalue weighted by Gasteiger charge is 2.43. The Morgan fingerprint density at radius 1 is 0.952 bits per heavy atom. The van der Waals surface area contributed by atoms with E-state index in [0.29, 0.717) is 31.0 Å². The number of piperazine rings is 1. The molecule has 10 rings (SSSR count). The van der Waals surface area contributed by atoms with Crippen LogP contribution in [-0.2, 0) is 27.3 Å². The number of rotatable bonds is 9. The Balaban J connectivity index is 0.747. The Kier molecular flexibility index (Phi) is 10.7. The molecule has 13 nitrogen and oxygen atoms in total. The van der Waals surface area contributed by atoms with Crippen LogP contribution in [0, 0.1) is 12.3 Å². The van der Waals surface area contributed by atoms with E-state index >= 15 is 4.39 Å². The van der Waals surface area contributed by atoms with E-state index in [-0.39, 0.29) is 31.0 Å². The first-order valence-corrected chi connectivity index (χ1v) is 22.9. The molecule has 3 saturated heterocycles. The fourth-order valence-electron chi connectivity index (χ4n) is 11.8. The summed E-state index contributed by atoms with van der Waals surface area (Å²) in [6.07, 6.45) is 13.3. The van der Waals surface area contributed by atoms with Crippen LogP contribution in [0.2, 0.25) is 0 Å². The summed E-state index contributed by atoms with van der Waals surface area (Å²) in [6.45, 7) is 12.1. The van der Waals surface area contributed by atoms with Gasteiger partial charge in [-0.1, -0.05) is 24.3 Å². The Morgan fingerprint density at radius 2 is 1.73 bits per heavy atom. The highest BCUT2D eigenvalue weighted by molar-refractivity contribution is 6.00. The summed E-state index contributed by atoms with van der Waals surface area (Å²) < 4.78 is 21.7. The van der Waals surface area contributed by atoms with Crippen LogP contribution in [0.4, 0.5) is 16.0 Å². The number of ether oxygens (including phenoxy) is 1. The topological polar surface area (TPSA) is 130 Å². The van der Waals surface area contributed by atoms with Crippen LogP contribution in [-0.4, -0.2) is 124 Å². The number of aryl methyl sites for hydroxylation is 1. The Labute approximate surface area is 363 Å². The smallest absolute Gasteiger partial charge is 0.249 e. The number of fused-ring (bicyclic) bond motifs is 6. The molecule has 7 heterocycles. The number of hydrogen-bond acceptors (Lipinski definition) is 10. The molecule has 14 heteroatoms. The van der Waals surface area contributed by atoms with Crippen molar-refractivity contribution in [3.8, 4) is 5.75 Å². The largest absolute Gasteiger partial charge is 0.489 e. The zero-order valence-electron chi connectivity index (χ0n) is 36.4. The lowest BCUT2D eigenvalue weighted by Crippen LogP contribution is -2.60. The molecule has 2 N–H and O–H groups in total. The standard InChI is InChI=1S/C48H60FN9O4/c1-31-8-9-39-44(37(31)27-57(30-59)40-10-11-41(60)53-45(40)61)62-28-34-26-55(22-23-58(34)39)33-12-15-48(16-13-33)17-20-54(21-18-48)46-50-24-32(25-51-46)43-42-36(14-19-56(43)29-47(2,3)49)35-6-4-5-7-38(35)52-42/h4-9,24-25,30,33-34,40,43,52H,10-23,26-29H2,1-3H3,(H,53,60,61)/t34-,40?,43-/m1/s1. The maximum absolute atomic E-state index is 15.1. The summed E-state index contributed by atoms with van der Waals surface area (Å²) in [7, 11) is 0. The van der Waals surface area contributed by atoms with Crippen molar-refractivity contribution in [1.29, 1.82) is 0 Å². The molecule has 6 aliphatic rings. The third-order valence-electron chi connectivity index (χ3n) is 15.1. The van der Waals surface area contributed by atoms with Gasteiger partial charge in [-0.2, -0.15) is 0 Å². The maximum atomic E-state index is 15.1. The van der Waals surface area contributed by atoms with Gasteiger partial charge >= 0.3 is 0 Å². The predicted molar refractivity (Wildman–Crippen MR) is 236 cm³/mol. The molecule has 1 aliphatic carbocycles. The predicted octanol–water partition coefficient (Wildman–Crippen LogP) is 5.84. The highest BCUT2D eigenvalue weighted by Crippen LogP contribution is 2.47. The van der Waals surface area contributed by atoms with Gasteiger partial charge in [-0.3, -0.25) is 29.5 Å². The third kappa shape index (κ3) is 7.71. The van der Waals surface area contributed by atoms with E-state index in [1.165, 1.54) is 41.5 Å². The summed E-state index contributed by atoms with van der Waals surface area (Å²) in [5.74, 6) is 0.876. The minimum Gasteiger partial charge on any atom is -0.489 e. The van der Waals surface area contributed by atoms with Crippen molar-refractivity contribution in [2.75, 3.05) is 62.2 Å². The van der Waals surface area contributed by atoms with Crippen molar-refractivity contribution in [3.05, 3.63) is 76.7 Å². The molecule has 62 heavy (non-hydrogen) atoms. The van der Waals surface area contributed by atoms with E-state index in [2.05, 4.69) is 66.3 Å². The van der Waals surface area contributed by atoms with E-state index in [0.717, 1.165) is 110 Å². The van der Waals surface area contributed by atoms with Crippen molar-refractivity contribution in [2.24, 2.45) is 5.41 Å². The molecule has 1 unspecified atom stereocenters. The first kappa shape index (κ1) is 41.0. The van der Waals surface area contributed by atoms with E-state index in [1.807, 2.05) is 19.3 Å². The average Bonchev–Trinajstić information content (AvgIpc) is 3.65. The molecule has 0 bridgehead atoms. The summed E-state index contributed by atoms with van der Waals surface area (Å²) in [6, 6.07) is 12.7. The molecule has 328 valence electrons. The molecule has 3 amide bonds. The highest BCUT2D eigenvalue weighted by atomic mass is 19.1. The van der Waals surface area contributed by atoms with Crippen LogP contribution in [0.3, 0.4) is 0 Å². The van der Waals surface area contributed by atoms with E-state index in [1.54, 1.807) is 13.8 Å².